The van der Waals surface area contributed by atoms with Crippen LogP contribution < -0.4 is 4.74 Å². The normalized spacial score (nSPS) is 16.2. The molecule has 0 amide bonds. The fraction of sp³-hybridized carbons (Fsp3) is 0.389. The van der Waals surface area contributed by atoms with Gasteiger partial charge in [-0.15, -0.1) is 0 Å². The highest BCUT2D eigenvalue weighted by molar-refractivity contribution is 5.56. The van der Waals surface area contributed by atoms with E-state index in [0.717, 1.165) is 37.2 Å². The Hall–Kier alpha value is -2.67. The molecular formula is C18H21N5O2. The molecule has 1 N–H and O–H groups in total. The average Bonchev–Trinajstić information content (AvgIpc) is 3.34. The lowest BCUT2D eigenvalue weighted by Gasteiger charge is -2.30. The van der Waals surface area contributed by atoms with Crippen LogP contribution in [0, 0.1) is 0 Å². The monoisotopic (exact) mass is 339 g/mol. The first kappa shape index (κ1) is 15.8. The molecule has 7 nitrogen and oxygen atoms in total. The maximum atomic E-state index is 5.44. The Morgan fingerprint density at radius 2 is 2.20 bits per heavy atom. The predicted molar refractivity (Wildman–Crippen MR) is 92.1 cm³/mol. The minimum Gasteiger partial charge on any atom is -0.497 e. The Kier molecular flexibility index (Phi) is 4.47. The van der Waals surface area contributed by atoms with Crippen molar-refractivity contribution in [2.75, 3.05) is 20.2 Å². The third-order valence-corrected chi connectivity index (χ3v) is 4.73. The van der Waals surface area contributed by atoms with Gasteiger partial charge in [0.15, 0.2) is 0 Å². The van der Waals surface area contributed by atoms with Gasteiger partial charge in [0.05, 0.1) is 19.9 Å². The molecule has 1 aromatic carbocycles. The zero-order chi connectivity index (χ0) is 17.1. The lowest BCUT2D eigenvalue weighted by Crippen LogP contribution is -2.32. The van der Waals surface area contributed by atoms with Crippen molar-refractivity contribution in [3.63, 3.8) is 0 Å². The van der Waals surface area contributed by atoms with Gasteiger partial charge >= 0.3 is 0 Å². The molecule has 1 aliphatic heterocycles. The number of aromatic nitrogens is 4. The van der Waals surface area contributed by atoms with E-state index in [1.807, 2.05) is 36.7 Å². The first-order valence-corrected chi connectivity index (χ1v) is 8.50. The molecule has 3 heterocycles. The van der Waals surface area contributed by atoms with E-state index in [-0.39, 0.29) is 0 Å². The molecule has 0 atom stereocenters. The van der Waals surface area contributed by atoms with Gasteiger partial charge in [0.25, 0.3) is 0 Å². The van der Waals surface area contributed by atoms with Crippen LogP contribution >= 0.6 is 0 Å². The van der Waals surface area contributed by atoms with Crippen molar-refractivity contribution < 1.29 is 9.26 Å². The molecule has 0 radical (unpaired) electrons. The summed E-state index contributed by atoms with van der Waals surface area (Å²) in [7, 11) is 1.65. The second-order valence-corrected chi connectivity index (χ2v) is 6.33. The number of benzene rings is 1. The smallest absolute Gasteiger partial charge is 0.241 e. The number of piperidine rings is 1. The summed E-state index contributed by atoms with van der Waals surface area (Å²) in [5.41, 5.74) is 2.20. The van der Waals surface area contributed by atoms with Gasteiger partial charge in [0, 0.05) is 11.8 Å². The number of ether oxygens (including phenoxy) is 1. The van der Waals surface area contributed by atoms with Crippen molar-refractivity contribution in [3.05, 3.63) is 48.1 Å². The van der Waals surface area contributed by atoms with Gasteiger partial charge in [-0.25, -0.2) is 0 Å². The SMILES string of the molecule is COc1cccc(-c2noc(CN3CCC(c4cn[nH]c4)CC3)n2)c1. The topological polar surface area (TPSA) is 80.1 Å². The molecule has 0 aliphatic carbocycles. The lowest BCUT2D eigenvalue weighted by molar-refractivity contribution is 0.181. The number of nitrogens with one attached hydrogen (secondary N) is 1. The van der Waals surface area contributed by atoms with Crippen LogP contribution in [0.1, 0.15) is 30.2 Å². The minimum atomic E-state index is 0.588. The van der Waals surface area contributed by atoms with Crippen molar-refractivity contribution in [2.45, 2.75) is 25.3 Å². The molecule has 3 aromatic rings. The summed E-state index contributed by atoms with van der Waals surface area (Å²) in [6.07, 6.45) is 6.17. The molecule has 0 unspecified atom stereocenters. The summed E-state index contributed by atoms with van der Waals surface area (Å²) in [5.74, 6) is 2.62. The quantitative estimate of drug-likeness (QED) is 0.770. The van der Waals surface area contributed by atoms with Crippen molar-refractivity contribution in [1.29, 1.82) is 0 Å². The van der Waals surface area contributed by atoms with Crippen LogP contribution in [-0.2, 0) is 6.54 Å². The van der Waals surface area contributed by atoms with E-state index >= 15 is 0 Å². The van der Waals surface area contributed by atoms with Crippen LogP contribution in [0.2, 0.25) is 0 Å². The Morgan fingerprint density at radius 1 is 1.32 bits per heavy atom. The number of hydrogen-bond donors (Lipinski definition) is 1. The van der Waals surface area contributed by atoms with E-state index in [1.165, 1.54) is 5.56 Å². The minimum absolute atomic E-state index is 0.588. The molecule has 0 bridgehead atoms. The van der Waals surface area contributed by atoms with Gasteiger partial charge in [0.2, 0.25) is 11.7 Å². The van der Waals surface area contributed by atoms with Gasteiger partial charge < -0.3 is 9.26 Å². The highest BCUT2D eigenvalue weighted by atomic mass is 16.5. The second-order valence-electron chi connectivity index (χ2n) is 6.33. The summed E-state index contributed by atoms with van der Waals surface area (Å²) in [6.45, 7) is 2.73. The molecular weight excluding hydrogens is 318 g/mol. The molecule has 1 saturated heterocycles. The van der Waals surface area contributed by atoms with Gasteiger partial charge in [-0.05, 0) is 49.5 Å². The van der Waals surface area contributed by atoms with Gasteiger partial charge in [-0.1, -0.05) is 17.3 Å². The fourth-order valence-electron chi connectivity index (χ4n) is 3.30. The van der Waals surface area contributed by atoms with Gasteiger partial charge in [-0.2, -0.15) is 10.1 Å². The molecule has 25 heavy (non-hydrogen) atoms. The number of nitrogens with zero attached hydrogens (tertiary/aromatic N) is 4. The predicted octanol–water partition coefficient (Wildman–Crippen LogP) is 2.85. The van der Waals surface area contributed by atoms with Crippen LogP contribution in [0.25, 0.3) is 11.4 Å². The van der Waals surface area contributed by atoms with E-state index < -0.39 is 0 Å². The van der Waals surface area contributed by atoms with Crippen LogP contribution in [0.15, 0.2) is 41.2 Å². The van der Waals surface area contributed by atoms with Crippen LogP contribution in [0.5, 0.6) is 5.75 Å². The van der Waals surface area contributed by atoms with Crippen LogP contribution in [0.3, 0.4) is 0 Å². The lowest BCUT2D eigenvalue weighted by atomic mass is 9.92. The van der Waals surface area contributed by atoms with Crippen molar-refractivity contribution in [3.8, 4) is 17.1 Å². The van der Waals surface area contributed by atoms with Crippen molar-refractivity contribution >= 4 is 0 Å². The van der Waals surface area contributed by atoms with E-state index in [2.05, 4.69) is 25.2 Å². The molecule has 2 aromatic heterocycles. The third-order valence-electron chi connectivity index (χ3n) is 4.73. The molecule has 1 aliphatic rings. The maximum Gasteiger partial charge on any atom is 0.241 e. The van der Waals surface area contributed by atoms with Crippen molar-refractivity contribution in [2.24, 2.45) is 0 Å². The van der Waals surface area contributed by atoms with E-state index in [0.29, 0.717) is 24.2 Å². The van der Waals surface area contributed by atoms with Crippen LogP contribution in [0.4, 0.5) is 0 Å². The summed E-state index contributed by atoms with van der Waals surface area (Å²) in [5, 5.41) is 11.0. The Bertz CT molecular complexity index is 807. The molecule has 0 saturated carbocycles. The zero-order valence-electron chi connectivity index (χ0n) is 14.2. The van der Waals surface area contributed by atoms with E-state index in [4.69, 9.17) is 9.26 Å². The highest BCUT2D eigenvalue weighted by Crippen LogP contribution is 2.28. The summed E-state index contributed by atoms with van der Waals surface area (Å²) in [4.78, 5) is 6.89. The van der Waals surface area contributed by atoms with Gasteiger partial charge in [-0.3, -0.25) is 10.00 Å². The molecule has 0 spiro atoms. The number of methoxy groups -OCH3 is 1. The van der Waals surface area contributed by atoms with E-state index in [1.54, 1.807) is 7.11 Å². The first-order valence-electron chi connectivity index (χ1n) is 8.50. The molecule has 130 valence electrons. The number of H-pyrrole nitrogens is 1. The zero-order valence-corrected chi connectivity index (χ0v) is 14.2. The average molecular weight is 339 g/mol. The maximum absolute atomic E-state index is 5.44. The van der Waals surface area contributed by atoms with E-state index in [9.17, 15) is 0 Å². The first-order chi connectivity index (χ1) is 12.3. The Morgan fingerprint density at radius 3 is 2.96 bits per heavy atom. The Labute approximate surface area is 146 Å². The molecule has 1 fully saturated rings. The fourth-order valence-corrected chi connectivity index (χ4v) is 3.30. The van der Waals surface area contributed by atoms with Crippen LogP contribution in [-0.4, -0.2) is 45.4 Å². The summed E-state index contributed by atoms with van der Waals surface area (Å²) < 4.78 is 10.7. The number of likely N-dealkylation sites (tertiary alicyclic amines) is 1. The number of rotatable bonds is 5. The highest BCUT2D eigenvalue weighted by Gasteiger charge is 2.22. The third kappa shape index (κ3) is 3.56. The number of hydrogen-bond acceptors (Lipinski definition) is 6. The van der Waals surface area contributed by atoms with Gasteiger partial charge in [0.1, 0.15) is 5.75 Å². The summed E-state index contributed by atoms with van der Waals surface area (Å²) in [6, 6.07) is 7.68. The largest absolute Gasteiger partial charge is 0.497 e. The molecule has 4 rings (SSSR count). The second kappa shape index (κ2) is 7.06. The standard InChI is InChI=1S/C18H21N5O2/c1-24-16-4-2-3-14(9-16)18-21-17(25-22-18)12-23-7-5-13(6-8-23)15-10-19-20-11-15/h2-4,9-11,13H,5-8,12H2,1H3,(H,19,20). The number of aromatic amines is 1. The summed E-state index contributed by atoms with van der Waals surface area (Å²) >= 11 is 0. The Balaban J connectivity index is 1.37. The molecule has 7 heteroatoms. The van der Waals surface area contributed by atoms with Crippen molar-refractivity contribution in [1.82, 2.24) is 25.2 Å².